The van der Waals surface area contributed by atoms with Gasteiger partial charge in [-0.05, 0) is 13.0 Å². The first-order valence-corrected chi connectivity index (χ1v) is 6.69. The molecule has 0 atom stereocenters. The molecule has 6 nitrogen and oxygen atoms in total. The van der Waals surface area contributed by atoms with Gasteiger partial charge in [-0.25, -0.2) is 4.79 Å². The Bertz CT molecular complexity index is 279. The van der Waals surface area contributed by atoms with E-state index in [1.165, 1.54) is 0 Å². The summed E-state index contributed by atoms with van der Waals surface area (Å²) in [6.45, 7) is 7.62. The predicted molar refractivity (Wildman–Crippen MR) is 70.4 cm³/mol. The second-order valence-electron chi connectivity index (χ2n) is 4.53. The molecule has 0 spiro atoms. The molecule has 0 aliphatic carbocycles. The zero-order chi connectivity index (χ0) is 13.4. The molecule has 0 saturated carbocycles. The molecule has 3 amide bonds. The Morgan fingerprint density at radius 2 is 2.06 bits per heavy atom. The number of amides is 3. The quantitative estimate of drug-likeness (QED) is 0.556. The topological polar surface area (TPSA) is 73.5 Å². The lowest BCUT2D eigenvalue weighted by molar-refractivity contribution is -0.121. The van der Waals surface area contributed by atoms with Crippen molar-refractivity contribution in [2.45, 2.75) is 32.7 Å². The monoisotopic (exact) mass is 256 g/mol. The number of unbranched alkanes of at least 4 members (excludes halogenated alkanes) is 1. The van der Waals surface area contributed by atoms with E-state index in [0.29, 0.717) is 12.6 Å². The molecule has 18 heavy (non-hydrogen) atoms. The summed E-state index contributed by atoms with van der Waals surface area (Å²) >= 11 is 0. The summed E-state index contributed by atoms with van der Waals surface area (Å²) in [5.74, 6) is -0.238. The maximum atomic E-state index is 11.7. The third-order valence-corrected chi connectivity index (χ3v) is 3.10. The highest BCUT2D eigenvalue weighted by Crippen LogP contribution is 2.03. The van der Waals surface area contributed by atoms with Gasteiger partial charge >= 0.3 is 6.03 Å². The van der Waals surface area contributed by atoms with Crippen LogP contribution in [0.3, 0.4) is 0 Å². The van der Waals surface area contributed by atoms with E-state index in [0.717, 1.165) is 32.5 Å². The summed E-state index contributed by atoms with van der Waals surface area (Å²) in [6, 6.07) is 0.0279. The van der Waals surface area contributed by atoms with Crippen molar-refractivity contribution in [1.82, 2.24) is 20.9 Å². The molecule has 0 aromatic heterocycles. The summed E-state index contributed by atoms with van der Waals surface area (Å²) in [7, 11) is 0. The van der Waals surface area contributed by atoms with Gasteiger partial charge in [0, 0.05) is 25.7 Å². The van der Waals surface area contributed by atoms with Gasteiger partial charge in [-0.2, -0.15) is 0 Å². The first kappa shape index (κ1) is 14.9. The molecule has 1 saturated heterocycles. The molecule has 0 radical (unpaired) electrons. The fraction of sp³-hybridized carbons (Fsp3) is 0.833. The maximum Gasteiger partial charge on any atom is 0.321 e. The number of imide groups is 1. The van der Waals surface area contributed by atoms with E-state index in [9.17, 15) is 9.59 Å². The smallest absolute Gasteiger partial charge is 0.321 e. The second-order valence-corrected chi connectivity index (χ2v) is 4.53. The highest BCUT2D eigenvalue weighted by molar-refractivity contribution is 5.95. The van der Waals surface area contributed by atoms with Crippen LogP contribution in [-0.4, -0.2) is 55.6 Å². The molecule has 0 unspecified atom stereocenters. The standard InChI is InChI=1S/C12H24N4O2/c1-3-5-6-14-12(18)15-11(17)9-16(4-2)10-7-13-8-10/h10,13H,3-9H2,1-2H3,(H2,14,15,17,18). The molecule has 0 aromatic carbocycles. The molecule has 1 heterocycles. The van der Waals surface area contributed by atoms with Crippen molar-refractivity contribution in [3.63, 3.8) is 0 Å². The number of likely N-dealkylation sites (N-methyl/N-ethyl adjacent to an activating group) is 1. The molecule has 0 bridgehead atoms. The average Bonchev–Trinajstić information content (AvgIpc) is 2.25. The van der Waals surface area contributed by atoms with Crippen LogP contribution in [0.2, 0.25) is 0 Å². The molecular formula is C12H24N4O2. The Hall–Kier alpha value is -1.14. The van der Waals surface area contributed by atoms with Crippen LogP contribution in [0.5, 0.6) is 0 Å². The highest BCUT2D eigenvalue weighted by atomic mass is 16.2. The van der Waals surface area contributed by atoms with Crippen LogP contribution in [0.1, 0.15) is 26.7 Å². The minimum atomic E-state index is -0.392. The van der Waals surface area contributed by atoms with E-state index < -0.39 is 6.03 Å². The average molecular weight is 256 g/mol. The Kier molecular flexibility index (Phi) is 6.67. The Balaban J connectivity index is 2.20. The van der Waals surface area contributed by atoms with Crippen LogP contribution in [0.25, 0.3) is 0 Å². The van der Waals surface area contributed by atoms with Crippen molar-refractivity contribution >= 4 is 11.9 Å². The van der Waals surface area contributed by atoms with E-state index in [1.54, 1.807) is 0 Å². The summed E-state index contributed by atoms with van der Waals surface area (Å²) < 4.78 is 0. The molecular weight excluding hydrogens is 232 g/mol. The Morgan fingerprint density at radius 3 is 2.56 bits per heavy atom. The van der Waals surface area contributed by atoms with Crippen molar-refractivity contribution in [3.8, 4) is 0 Å². The van der Waals surface area contributed by atoms with E-state index in [4.69, 9.17) is 0 Å². The molecule has 1 aliphatic heterocycles. The van der Waals surface area contributed by atoms with Crippen molar-refractivity contribution in [3.05, 3.63) is 0 Å². The van der Waals surface area contributed by atoms with Gasteiger partial charge in [0.15, 0.2) is 0 Å². The van der Waals surface area contributed by atoms with Gasteiger partial charge in [-0.3, -0.25) is 15.0 Å². The first-order valence-electron chi connectivity index (χ1n) is 6.69. The minimum absolute atomic E-state index is 0.238. The van der Waals surface area contributed by atoms with Gasteiger partial charge in [0.2, 0.25) is 5.91 Å². The van der Waals surface area contributed by atoms with Gasteiger partial charge < -0.3 is 10.6 Å². The zero-order valence-corrected chi connectivity index (χ0v) is 11.3. The summed E-state index contributed by atoms with van der Waals surface area (Å²) in [4.78, 5) is 25.1. The lowest BCUT2D eigenvalue weighted by Crippen LogP contribution is -2.59. The van der Waals surface area contributed by atoms with Crippen LogP contribution in [0, 0.1) is 0 Å². The Morgan fingerprint density at radius 1 is 1.33 bits per heavy atom. The molecule has 0 aromatic rings. The van der Waals surface area contributed by atoms with Crippen LogP contribution in [0.4, 0.5) is 4.79 Å². The number of nitrogens with zero attached hydrogens (tertiary/aromatic N) is 1. The molecule has 104 valence electrons. The molecule has 6 heteroatoms. The second kappa shape index (κ2) is 8.05. The zero-order valence-electron chi connectivity index (χ0n) is 11.3. The normalized spacial score (nSPS) is 15.3. The molecule has 1 fully saturated rings. The Labute approximate surface area is 108 Å². The van der Waals surface area contributed by atoms with Gasteiger partial charge in [0.1, 0.15) is 0 Å². The maximum absolute atomic E-state index is 11.7. The van der Waals surface area contributed by atoms with Crippen molar-refractivity contribution < 1.29 is 9.59 Å². The van der Waals surface area contributed by atoms with Crippen molar-refractivity contribution in [1.29, 1.82) is 0 Å². The van der Waals surface area contributed by atoms with Gasteiger partial charge in [0.05, 0.1) is 6.54 Å². The largest absolute Gasteiger partial charge is 0.338 e. The third kappa shape index (κ3) is 5.01. The third-order valence-electron chi connectivity index (χ3n) is 3.10. The number of rotatable bonds is 7. The summed E-state index contributed by atoms with van der Waals surface area (Å²) in [6.07, 6.45) is 1.95. The minimum Gasteiger partial charge on any atom is -0.338 e. The molecule has 1 rings (SSSR count). The van der Waals surface area contributed by atoms with Crippen molar-refractivity contribution in [2.24, 2.45) is 0 Å². The van der Waals surface area contributed by atoms with Crippen LogP contribution in [-0.2, 0) is 4.79 Å². The van der Waals surface area contributed by atoms with E-state index >= 15 is 0 Å². The summed E-state index contributed by atoms with van der Waals surface area (Å²) in [5.41, 5.74) is 0. The molecule has 3 N–H and O–H groups in total. The van der Waals surface area contributed by atoms with Crippen LogP contribution >= 0.6 is 0 Å². The lowest BCUT2D eigenvalue weighted by Gasteiger charge is -2.37. The first-order chi connectivity index (χ1) is 8.67. The SMILES string of the molecule is CCCCNC(=O)NC(=O)CN(CC)C1CNC1. The number of nitrogens with one attached hydrogen (secondary N) is 3. The fourth-order valence-electron chi connectivity index (χ4n) is 1.80. The fourth-order valence-corrected chi connectivity index (χ4v) is 1.80. The number of carbonyl (C=O) groups is 2. The van der Waals surface area contributed by atoms with E-state index in [2.05, 4.69) is 27.8 Å². The van der Waals surface area contributed by atoms with Gasteiger partial charge in [0.25, 0.3) is 0 Å². The lowest BCUT2D eigenvalue weighted by atomic mass is 10.1. The van der Waals surface area contributed by atoms with E-state index in [1.807, 2.05) is 6.92 Å². The van der Waals surface area contributed by atoms with Crippen LogP contribution in [0.15, 0.2) is 0 Å². The van der Waals surface area contributed by atoms with Gasteiger partial charge in [-0.15, -0.1) is 0 Å². The number of hydrogen-bond acceptors (Lipinski definition) is 4. The molecule has 1 aliphatic rings. The number of urea groups is 1. The van der Waals surface area contributed by atoms with E-state index in [-0.39, 0.29) is 12.5 Å². The predicted octanol–water partition coefficient (Wildman–Crippen LogP) is -0.0940. The summed E-state index contributed by atoms with van der Waals surface area (Å²) in [5, 5.41) is 8.19. The van der Waals surface area contributed by atoms with Crippen molar-refractivity contribution in [2.75, 3.05) is 32.7 Å². The highest BCUT2D eigenvalue weighted by Gasteiger charge is 2.25. The van der Waals surface area contributed by atoms with Crippen LogP contribution < -0.4 is 16.0 Å². The van der Waals surface area contributed by atoms with Gasteiger partial charge in [-0.1, -0.05) is 20.3 Å². The number of hydrogen-bond donors (Lipinski definition) is 3. The number of carbonyl (C=O) groups excluding carboxylic acids is 2.